The van der Waals surface area contributed by atoms with Crippen molar-refractivity contribution in [2.24, 2.45) is 0 Å². The number of alkyl carbamates (subject to hydrolysis) is 1. The Morgan fingerprint density at radius 1 is 1.22 bits per heavy atom. The Balaban J connectivity index is 2.53. The first kappa shape index (κ1) is 20.4. The van der Waals surface area contributed by atoms with Crippen molar-refractivity contribution < 1.29 is 9.53 Å². The third kappa shape index (κ3) is 7.17. The summed E-state index contributed by atoms with van der Waals surface area (Å²) in [6.07, 6.45) is 0.341. The molecule has 0 saturated carbocycles. The number of rotatable bonds is 6. The van der Waals surface area contributed by atoms with Crippen molar-refractivity contribution in [3.05, 3.63) is 32.8 Å². The summed E-state index contributed by atoms with van der Waals surface area (Å²) in [7, 11) is 0. The minimum Gasteiger partial charge on any atom is -0.444 e. The third-order valence-corrected chi connectivity index (χ3v) is 4.24. The Kier molecular flexibility index (Phi) is 7.95. The summed E-state index contributed by atoms with van der Waals surface area (Å²) in [6.45, 7) is 8.50. The summed E-state index contributed by atoms with van der Waals surface area (Å²) in [5.74, 6) is 0. The van der Waals surface area contributed by atoms with Crippen LogP contribution in [0, 0.1) is 0 Å². The molecule has 130 valence electrons. The highest BCUT2D eigenvalue weighted by molar-refractivity contribution is 6.44. The van der Waals surface area contributed by atoms with Crippen molar-refractivity contribution in [1.29, 1.82) is 0 Å². The van der Waals surface area contributed by atoms with Gasteiger partial charge in [0.2, 0.25) is 0 Å². The summed E-state index contributed by atoms with van der Waals surface area (Å²) in [5, 5.41) is 7.53. The Morgan fingerprint density at radius 3 is 2.39 bits per heavy atom. The molecule has 1 unspecified atom stereocenters. The van der Waals surface area contributed by atoms with Crippen LogP contribution in [0.2, 0.25) is 15.1 Å². The van der Waals surface area contributed by atoms with Gasteiger partial charge in [0.15, 0.2) is 0 Å². The van der Waals surface area contributed by atoms with E-state index in [0.29, 0.717) is 28.2 Å². The molecule has 1 aromatic carbocycles. The van der Waals surface area contributed by atoms with Crippen LogP contribution in [0.1, 0.15) is 39.7 Å². The minimum absolute atomic E-state index is 0.0541. The van der Waals surface area contributed by atoms with Crippen molar-refractivity contribution in [2.45, 2.75) is 52.3 Å². The number of carbonyl (C=O) groups is 1. The van der Waals surface area contributed by atoms with Gasteiger partial charge in [0, 0.05) is 29.7 Å². The van der Waals surface area contributed by atoms with Gasteiger partial charge >= 0.3 is 6.09 Å². The van der Waals surface area contributed by atoms with Crippen LogP contribution in [0.4, 0.5) is 4.79 Å². The predicted octanol–water partition coefficient (Wildman–Crippen LogP) is 5.04. The van der Waals surface area contributed by atoms with Gasteiger partial charge in [-0.05, 0) is 39.3 Å². The molecule has 1 atom stereocenters. The summed E-state index contributed by atoms with van der Waals surface area (Å²) in [5.41, 5.74) is 0.227. The summed E-state index contributed by atoms with van der Waals surface area (Å²) in [4.78, 5) is 11.8. The van der Waals surface area contributed by atoms with E-state index in [2.05, 4.69) is 10.6 Å². The first-order valence-corrected chi connectivity index (χ1v) is 8.60. The highest BCUT2D eigenvalue weighted by Gasteiger charge is 2.18. The Bertz CT molecular complexity index is 545. The second-order valence-corrected chi connectivity index (χ2v) is 7.40. The van der Waals surface area contributed by atoms with Gasteiger partial charge in [-0.15, -0.1) is 0 Å². The van der Waals surface area contributed by atoms with Gasteiger partial charge in [-0.3, -0.25) is 0 Å². The van der Waals surface area contributed by atoms with Crippen molar-refractivity contribution in [1.82, 2.24) is 10.6 Å². The molecule has 0 radical (unpaired) electrons. The van der Waals surface area contributed by atoms with Crippen LogP contribution in [-0.4, -0.2) is 24.3 Å². The number of hydrogen-bond donors (Lipinski definition) is 2. The second-order valence-electron chi connectivity index (χ2n) is 6.20. The van der Waals surface area contributed by atoms with E-state index in [1.165, 1.54) is 0 Å². The number of nitrogens with one attached hydrogen (secondary N) is 2. The van der Waals surface area contributed by atoms with Gasteiger partial charge in [0.05, 0.1) is 10.0 Å². The first-order valence-electron chi connectivity index (χ1n) is 7.46. The van der Waals surface area contributed by atoms with E-state index in [0.717, 1.165) is 12.0 Å². The average Bonchev–Trinajstić information content (AvgIpc) is 2.43. The van der Waals surface area contributed by atoms with Gasteiger partial charge in [0.25, 0.3) is 0 Å². The Hall–Kier alpha value is -0.680. The molecular formula is C16H23Cl3N2O2. The molecular weight excluding hydrogens is 359 g/mol. The lowest BCUT2D eigenvalue weighted by Gasteiger charge is -2.23. The molecule has 0 fully saturated rings. The van der Waals surface area contributed by atoms with Crippen molar-refractivity contribution in [3.8, 4) is 0 Å². The molecule has 0 heterocycles. The van der Waals surface area contributed by atoms with E-state index in [9.17, 15) is 4.79 Å². The van der Waals surface area contributed by atoms with E-state index in [-0.39, 0.29) is 6.04 Å². The lowest BCUT2D eigenvalue weighted by Crippen LogP contribution is -2.43. The first-order chi connectivity index (χ1) is 10.6. The van der Waals surface area contributed by atoms with E-state index in [1.807, 2.05) is 27.7 Å². The molecule has 4 nitrogen and oxygen atoms in total. The molecule has 23 heavy (non-hydrogen) atoms. The normalized spacial score (nSPS) is 12.8. The van der Waals surface area contributed by atoms with Gasteiger partial charge < -0.3 is 15.4 Å². The predicted molar refractivity (Wildman–Crippen MR) is 96.6 cm³/mol. The molecule has 2 N–H and O–H groups in total. The van der Waals surface area contributed by atoms with E-state index >= 15 is 0 Å². The zero-order valence-corrected chi connectivity index (χ0v) is 16.1. The molecule has 0 bridgehead atoms. The average molecular weight is 382 g/mol. The number of benzene rings is 1. The SMILES string of the molecule is CCC(CNCc1c(Cl)ccc(Cl)c1Cl)NC(=O)OC(C)(C)C. The van der Waals surface area contributed by atoms with E-state index < -0.39 is 11.7 Å². The van der Waals surface area contributed by atoms with E-state index in [4.69, 9.17) is 39.5 Å². The maximum atomic E-state index is 11.8. The lowest BCUT2D eigenvalue weighted by atomic mass is 10.2. The minimum atomic E-state index is -0.516. The Labute approximate surface area is 152 Å². The molecule has 0 aliphatic heterocycles. The summed E-state index contributed by atoms with van der Waals surface area (Å²) >= 11 is 18.3. The number of ether oxygens (including phenoxy) is 1. The molecule has 1 rings (SSSR count). The molecule has 0 aliphatic carbocycles. The molecule has 1 aromatic rings. The second kappa shape index (κ2) is 8.97. The van der Waals surface area contributed by atoms with Gasteiger partial charge in [-0.25, -0.2) is 4.79 Å². The molecule has 0 aliphatic rings. The maximum absolute atomic E-state index is 11.8. The van der Waals surface area contributed by atoms with Crippen LogP contribution in [0.25, 0.3) is 0 Å². The fraction of sp³-hybridized carbons (Fsp3) is 0.562. The van der Waals surface area contributed by atoms with Crippen LogP contribution in [0.3, 0.4) is 0 Å². The quantitative estimate of drug-likeness (QED) is 0.679. The highest BCUT2D eigenvalue weighted by atomic mass is 35.5. The summed E-state index contributed by atoms with van der Waals surface area (Å²) < 4.78 is 5.25. The lowest BCUT2D eigenvalue weighted by molar-refractivity contribution is 0.0502. The standard InChI is InChI=1S/C16H23Cl3N2O2/c1-5-10(21-15(22)23-16(2,3)4)8-20-9-11-12(17)6-7-13(18)14(11)19/h6-7,10,20H,5,8-9H2,1-4H3,(H,21,22). The zero-order valence-electron chi connectivity index (χ0n) is 13.8. The van der Waals surface area contributed by atoms with Gasteiger partial charge in [0.1, 0.15) is 5.60 Å². The van der Waals surface area contributed by atoms with Crippen LogP contribution < -0.4 is 10.6 Å². The number of hydrogen-bond acceptors (Lipinski definition) is 3. The van der Waals surface area contributed by atoms with Crippen molar-refractivity contribution in [2.75, 3.05) is 6.54 Å². The van der Waals surface area contributed by atoms with Crippen molar-refractivity contribution >= 4 is 40.9 Å². The smallest absolute Gasteiger partial charge is 0.407 e. The van der Waals surface area contributed by atoms with Crippen LogP contribution in [-0.2, 0) is 11.3 Å². The number of amides is 1. The number of halogens is 3. The largest absolute Gasteiger partial charge is 0.444 e. The van der Waals surface area contributed by atoms with Crippen LogP contribution in [0.15, 0.2) is 12.1 Å². The fourth-order valence-corrected chi connectivity index (χ4v) is 2.56. The maximum Gasteiger partial charge on any atom is 0.407 e. The molecule has 0 saturated heterocycles. The van der Waals surface area contributed by atoms with Gasteiger partial charge in [-0.1, -0.05) is 41.7 Å². The van der Waals surface area contributed by atoms with Crippen molar-refractivity contribution in [3.63, 3.8) is 0 Å². The number of carbonyl (C=O) groups excluding carboxylic acids is 1. The van der Waals surface area contributed by atoms with Gasteiger partial charge in [-0.2, -0.15) is 0 Å². The van der Waals surface area contributed by atoms with Crippen LogP contribution >= 0.6 is 34.8 Å². The fourth-order valence-electron chi connectivity index (χ4n) is 1.87. The summed E-state index contributed by atoms with van der Waals surface area (Å²) in [6, 6.07) is 3.32. The zero-order chi connectivity index (χ0) is 17.6. The van der Waals surface area contributed by atoms with Crippen LogP contribution in [0.5, 0.6) is 0 Å². The molecule has 0 aromatic heterocycles. The molecule has 1 amide bonds. The highest BCUT2D eigenvalue weighted by Crippen LogP contribution is 2.31. The monoisotopic (exact) mass is 380 g/mol. The molecule has 0 spiro atoms. The Morgan fingerprint density at radius 2 is 1.83 bits per heavy atom. The topological polar surface area (TPSA) is 50.4 Å². The molecule has 7 heteroatoms. The van der Waals surface area contributed by atoms with E-state index in [1.54, 1.807) is 12.1 Å². The third-order valence-electron chi connectivity index (χ3n) is 3.05.